The molecule has 0 amide bonds. The highest BCUT2D eigenvalue weighted by Gasteiger charge is 2.30. The van der Waals surface area contributed by atoms with E-state index < -0.39 is 0 Å². The van der Waals surface area contributed by atoms with E-state index in [0.29, 0.717) is 0 Å². The second-order valence-corrected chi connectivity index (χ2v) is 6.04. The quantitative estimate of drug-likeness (QED) is 0.731. The van der Waals surface area contributed by atoms with Crippen molar-refractivity contribution >= 4 is 5.78 Å². The maximum atomic E-state index is 12.5. The van der Waals surface area contributed by atoms with Crippen molar-refractivity contribution in [2.45, 2.75) is 38.0 Å². The molecule has 1 saturated carbocycles. The summed E-state index contributed by atoms with van der Waals surface area (Å²) in [5.74, 6) is 0.119. The van der Waals surface area contributed by atoms with Gasteiger partial charge in [-0.25, -0.2) is 0 Å². The molecule has 2 aromatic carbocycles. The van der Waals surface area contributed by atoms with Crippen LogP contribution in [0.15, 0.2) is 54.6 Å². The standard InChI is InChI=1S/C19H20O/c1-19(12-5-6-13-19)17-11-7-10-16(14-17)18(20)15-8-3-2-4-9-15/h2-4,7-11,14H,5-6,12-13H2,1H3. The first-order valence-corrected chi connectivity index (χ1v) is 7.39. The molecule has 0 radical (unpaired) electrons. The van der Waals surface area contributed by atoms with Crippen molar-refractivity contribution in [3.8, 4) is 0 Å². The summed E-state index contributed by atoms with van der Waals surface area (Å²) in [7, 11) is 0. The highest BCUT2D eigenvalue weighted by Crippen LogP contribution is 2.40. The summed E-state index contributed by atoms with van der Waals surface area (Å²) < 4.78 is 0. The van der Waals surface area contributed by atoms with E-state index in [-0.39, 0.29) is 11.2 Å². The molecule has 1 fully saturated rings. The Kier molecular flexibility index (Phi) is 3.43. The van der Waals surface area contributed by atoms with Gasteiger partial charge in [-0.1, -0.05) is 68.3 Å². The minimum absolute atomic E-state index is 0.119. The van der Waals surface area contributed by atoms with Gasteiger partial charge in [-0.3, -0.25) is 4.79 Å². The highest BCUT2D eigenvalue weighted by molar-refractivity contribution is 6.09. The highest BCUT2D eigenvalue weighted by atomic mass is 16.1. The van der Waals surface area contributed by atoms with Crippen LogP contribution in [0.4, 0.5) is 0 Å². The lowest BCUT2D eigenvalue weighted by Crippen LogP contribution is -2.17. The molecule has 1 aliphatic rings. The predicted molar refractivity (Wildman–Crippen MR) is 82.1 cm³/mol. The van der Waals surface area contributed by atoms with Gasteiger partial charge in [-0.05, 0) is 29.9 Å². The fourth-order valence-electron chi connectivity index (χ4n) is 3.24. The van der Waals surface area contributed by atoms with Crippen LogP contribution in [0.2, 0.25) is 0 Å². The lowest BCUT2D eigenvalue weighted by molar-refractivity contribution is 0.103. The molecular weight excluding hydrogens is 244 g/mol. The Morgan fingerprint density at radius 3 is 2.25 bits per heavy atom. The normalized spacial score (nSPS) is 17.1. The molecule has 0 heterocycles. The fraction of sp³-hybridized carbons (Fsp3) is 0.316. The summed E-state index contributed by atoms with van der Waals surface area (Å²) >= 11 is 0. The van der Waals surface area contributed by atoms with Gasteiger partial charge in [0.2, 0.25) is 0 Å². The average Bonchev–Trinajstić information content (AvgIpc) is 2.96. The molecule has 0 atom stereocenters. The molecule has 1 aliphatic carbocycles. The van der Waals surface area contributed by atoms with Crippen molar-refractivity contribution in [2.75, 3.05) is 0 Å². The Balaban J connectivity index is 1.94. The number of hydrogen-bond acceptors (Lipinski definition) is 1. The summed E-state index contributed by atoms with van der Waals surface area (Å²) in [5, 5.41) is 0. The molecule has 102 valence electrons. The van der Waals surface area contributed by atoms with Crippen molar-refractivity contribution in [3.63, 3.8) is 0 Å². The van der Waals surface area contributed by atoms with Gasteiger partial charge in [-0.15, -0.1) is 0 Å². The van der Waals surface area contributed by atoms with Crippen LogP contribution in [0.3, 0.4) is 0 Å². The minimum Gasteiger partial charge on any atom is -0.289 e. The van der Waals surface area contributed by atoms with E-state index in [1.54, 1.807) is 0 Å². The van der Waals surface area contributed by atoms with Crippen molar-refractivity contribution in [1.82, 2.24) is 0 Å². The van der Waals surface area contributed by atoms with Crippen molar-refractivity contribution in [3.05, 3.63) is 71.3 Å². The van der Waals surface area contributed by atoms with Gasteiger partial charge in [0.1, 0.15) is 0 Å². The minimum atomic E-state index is 0.119. The van der Waals surface area contributed by atoms with Crippen LogP contribution < -0.4 is 0 Å². The van der Waals surface area contributed by atoms with Gasteiger partial charge >= 0.3 is 0 Å². The van der Waals surface area contributed by atoms with Crippen LogP contribution in [0.5, 0.6) is 0 Å². The summed E-state index contributed by atoms with van der Waals surface area (Å²) in [4.78, 5) is 12.5. The zero-order chi connectivity index (χ0) is 14.0. The Bertz CT molecular complexity index is 607. The van der Waals surface area contributed by atoms with E-state index in [1.165, 1.54) is 31.2 Å². The smallest absolute Gasteiger partial charge is 0.193 e. The molecule has 0 aliphatic heterocycles. The molecule has 2 aromatic rings. The van der Waals surface area contributed by atoms with E-state index >= 15 is 0 Å². The third-order valence-corrected chi connectivity index (χ3v) is 4.56. The number of carbonyl (C=O) groups excluding carboxylic acids is 1. The van der Waals surface area contributed by atoms with Gasteiger partial charge in [0, 0.05) is 11.1 Å². The number of benzene rings is 2. The number of ketones is 1. The van der Waals surface area contributed by atoms with Crippen molar-refractivity contribution < 1.29 is 4.79 Å². The monoisotopic (exact) mass is 264 g/mol. The molecule has 0 aromatic heterocycles. The molecular formula is C19H20O. The molecule has 0 N–H and O–H groups in total. The van der Waals surface area contributed by atoms with E-state index in [1.807, 2.05) is 42.5 Å². The molecule has 0 bridgehead atoms. The number of hydrogen-bond donors (Lipinski definition) is 0. The second-order valence-electron chi connectivity index (χ2n) is 6.04. The van der Waals surface area contributed by atoms with Crippen LogP contribution in [0.1, 0.15) is 54.1 Å². The maximum absolute atomic E-state index is 12.5. The zero-order valence-electron chi connectivity index (χ0n) is 11.9. The Morgan fingerprint density at radius 2 is 1.55 bits per heavy atom. The molecule has 1 nitrogen and oxygen atoms in total. The average molecular weight is 264 g/mol. The molecule has 20 heavy (non-hydrogen) atoms. The third kappa shape index (κ3) is 2.40. The molecule has 3 rings (SSSR count). The molecule has 0 spiro atoms. The van der Waals surface area contributed by atoms with Gasteiger partial charge in [0.25, 0.3) is 0 Å². The number of rotatable bonds is 3. The summed E-state index contributed by atoms with van der Waals surface area (Å²) in [6, 6.07) is 17.7. The van der Waals surface area contributed by atoms with Gasteiger partial charge < -0.3 is 0 Å². The van der Waals surface area contributed by atoms with E-state index in [0.717, 1.165) is 11.1 Å². The van der Waals surface area contributed by atoms with Gasteiger partial charge in [0.05, 0.1) is 0 Å². The summed E-state index contributed by atoms with van der Waals surface area (Å²) in [6.45, 7) is 2.33. The topological polar surface area (TPSA) is 17.1 Å². The first kappa shape index (κ1) is 13.1. The van der Waals surface area contributed by atoms with Gasteiger partial charge in [-0.2, -0.15) is 0 Å². The van der Waals surface area contributed by atoms with Crippen molar-refractivity contribution in [1.29, 1.82) is 0 Å². The zero-order valence-corrected chi connectivity index (χ0v) is 11.9. The second kappa shape index (κ2) is 5.24. The van der Waals surface area contributed by atoms with Crippen LogP contribution >= 0.6 is 0 Å². The van der Waals surface area contributed by atoms with Crippen molar-refractivity contribution in [2.24, 2.45) is 0 Å². The largest absolute Gasteiger partial charge is 0.289 e. The molecule has 0 unspecified atom stereocenters. The lowest BCUT2D eigenvalue weighted by Gasteiger charge is -2.24. The Hall–Kier alpha value is -1.89. The Morgan fingerprint density at radius 1 is 0.900 bits per heavy atom. The maximum Gasteiger partial charge on any atom is 0.193 e. The lowest BCUT2D eigenvalue weighted by atomic mass is 9.80. The fourth-order valence-corrected chi connectivity index (χ4v) is 3.24. The third-order valence-electron chi connectivity index (χ3n) is 4.56. The predicted octanol–water partition coefficient (Wildman–Crippen LogP) is 4.75. The van der Waals surface area contributed by atoms with Crippen LogP contribution in [-0.4, -0.2) is 5.78 Å². The first-order valence-electron chi connectivity index (χ1n) is 7.39. The van der Waals surface area contributed by atoms with E-state index in [9.17, 15) is 4.79 Å². The van der Waals surface area contributed by atoms with Crippen LogP contribution in [0.25, 0.3) is 0 Å². The Labute approximate surface area is 120 Å². The van der Waals surface area contributed by atoms with E-state index in [4.69, 9.17) is 0 Å². The SMILES string of the molecule is CC1(c2cccc(C(=O)c3ccccc3)c2)CCCC1. The molecule has 1 heteroatoms. The van der Waals surface area contributed by atoms with Crippen LogP contribution in [-0.2, 0) is 5.41 Å². The summed E-state index contributed by atoms with van der Waals surface area (Å²) in [5.41, 5.74) is 3.15. The molecule has 0 saturated heterocycles. The number of carbonyl (C=O) groups is 1. The van der Waals surface area contributed by atoms with Gasteiger partial charge in [0.15, 0.2) is 5.78 Å². The van der Waals surface area contributed by atoms with Crippen LogP contribution in [0, 0.1) is 0 Å². The first-order chi connectivity index (χ1) is 9.69. The van der Waals surface area contributed by atoms with E-state index in [2.05, 4.69) is 19.1 Å². The summed E-state index contributed by atoms with van der Waals surface area (Å²) in [6.07, 6.45) is 5.06.